The molecule has 0 saturated heterocycles. The Kier molecular flexibility index (Phi) is 10.7. The molecule has 0 radical (unpaired) electrons. The van der Waals surface area contributed by atoms with Gasteiger partial charge in [-0.1, -0.05) is 30.3 Å². The Morgan fingerprint density at radius 1 is 1.04 bits per heavy atom. The van der Waals surface area contributed by atoms with E-state index in [1.807, 2.05) is 30.3 Å². The number of primary amides is 1. The van der Waals surface area contributed by atoms with Gasteiger partial charge in [0.05, 0.1) is 0 Å². The van der Waals surface area contributed by atoms with Crippen molar-refractivity contribution < 1.29 is 19.2 Å². The number of carbonyl (C=O) groups is 3. The summed E-state index contributed by atoms with van der Waals surface area (Å²) < 4.78 is 0. The highest BCUT2D eigenvalue weighted by atomic mass is 16.6. The van der Waals surface area contributed by atoms with Crippen molar-refractivity contribution in [3.05, 3.63) is 35.9 Å². The minimum absolute atomic E-state index is 0.182. The lowest BCUT2D eigenvalue weighted by Crippen LogP contribution is -2.44. The average molecular weight is 364 g/mol. The van der Waals surface area contributed by atoms with Gasteiger partial charge < -0.3 is 16.4 Å². The summed E-state index contributed by atoms with van der Waals surface area (Å²) in [4.78, 5) is 38.9. The zero-order valence-electron chi connectivity index (χ0n) is 14.9. The van der Waals surface area contributed by atoms with Crippen LogP contribution >= 0.6 is 0 Å². The van der Waals surface area contributed by atoms with E-state index >= 15 is 0 Å². The Labute approximate surface area is 153 Å². The largest absolute Gasteiger partial charge is 0.368 e. The number of hydrogen-bond acceptors (Lipinski definition) is 5. The van der Waals surface area contributed by atoms with Gasteiger partial charge in [-0.25, -0.2) is 5.90 Å². The maximum Gasteiger partial charge on any atom is 0.248 e. The van der Waals surface area contributed by atoms with Crippen LogP contribution in [0.25, 0.3) is 0 Å². The van der Waals surface area contributed by atoms with E-state index in [2.05, 4.69) is 15.5 Å². The van der Waals surface area contributed by atoms with Crippen LogP contribution in [0.1, 0.15) is 37.7 Å². The van der Waals surface area contributed by atoms with Crippen LogP contribution in [0.5, 0.6) is 0 Å². The number of nitrogens with two attached hydrogens (primary N) is 2. The van der Waals surface area contributed by atoms with E-state index in [0.29, 0.717) is 38.6 Å². The Bertz CT molecular complexity index is 566. The Morgan fingerprint density at radius 2 is 1.77 bits per heavy atom. The molecule has 0 aromatic heterocycles. The van der Waals surface area contributed by atoms with Crippen molar-refractivity contribution in [2.24, 2.45) is 11.6 Å². The summed E-state index contributed by atoms with van der Waals surface area (Å²) in [6.07, 6.45) is 3.58. The molecule has 0 fully saturated rings. The third kappa shape index (κ3) is 9.75. The van der Waals surface area contributed by atoms with Crippen molar-refractivity contribution in [1.29, 1.82) is 0 Å². The second-order valence-corrected chi connectivity index (χ2v) is 6.02. The molecule has 1 aromatic carbocycles. The number of amides is 3. The number of benzene rings is 1. The summed E-state index contributed by atoms with van der Waals surface area (Å²) in [5.74, 6) is 3.76. The fourth-order valence-corrected chi connectivity index (χ4v) is 2.48. The lowest BCUT2D eigenvalue weighted by molar-refractivity contribution is -0.127. The topological polar surface area (TPSA) is 137 Å². The SMILES string of the molecule is NOCC(=O)NCCCCC(NC(=O)CCCc1ccccc1)C(N)=O. The molecule has 1 aromatic rings. The minimum atomic E-state index is -0.692. The molecule has 26 heavy (non-hydrogen) atoms. The van der Waals surface area contributed by atoms with E-state index in [9.17, 15) is 14.4 Å². The number of rotatable bonds is 13. The Morgan fingerprint density at radius 3 is 2.42 bits per heavy atom. The molecular formula is C18H28N4O4. The third-order valence-electron chi connectivity index (χ3n) is 3.85. The minimum Gasteiger partial charge on any atom is -0.368 e. The summed E-state index contributed by atoms with van der Waals surface area (Å²) >= 11 is 0. The van der Waals surface area contributed by atoms with Crippen LogP contribution in [-0.4, -0.2) is 36.9 Å². The predicted molar refractivity (Wildman–Crippen MR) is 97.5 cm³/mol. The van der Waals surface area contributed by atoms with Crippen LogP contribution in [0.4, 0.5) is 0 Å². The molecule has 8 heteroatoms. The summed E-state index contributed by atoms with van der Waals surface area (Å²) in [5.41, 5.74) is 6.53. The quantitative estimate of drug-likeness (QED) is 0.292. The normalized spacial score (nSPS) is 11.6. The van der Waals surface area contributed by atoms with Gasteiger partial charge in [-0.15, -0.1) is 0 Å². The predicted octanol–water partition coefficient (Wildman–Crippen LogP) is 0.156. The summed E-state index contributed by atoms with van der Waals surface area (Å²) in [6.45, 7) is 0.252. The fraction of sp³-hybridized carbons (Fsp3) is 0.500. The van der Waals surface area contributed by atoms with E-state index in [0.717, 1.165) is 6.42 Å². The Hall–Kier alpha value is -2.45. The molecular weight excluding hydrogens is 336 g/mol. The number of aryl methyl sites for hydroxylation is 1. The molecule has 1 rings (SSSR count). The van der Waals surface area contributed by atoms with E-state index in [1.165, 1.54) is 5.56 Å². The first-order valence-electron chi connectivity index (χ1n) is 8.74. The van der Waals surface area contributed by atoms with Gasteiger partial charge in [-0.2, -0.15) is 0 Å². The monoisotopic (exact) mass is 364 g/mol. The maximum atomic E-state index is 12.0. The molecule has 3 amide bonds. The third-order valence-corrected chi connectivity index (χ3v) is 3.85. The molecule has 6 N–H and O–H groups in total. The van der Waals surface area contributed by atoms with Gasteiger partial charge in [-0.05, 0) is 37.7 Å². The molecule has 8 nitrogen and oxygen atoms in total. The van der Waals surface area contributed by atoms with Crippen molar-refractivity contribution in [1.82, 2.24) is 10.6 Å². The van der Waals surface area contributed by atoms with Gasteiger partial charge in [0.15, 0.2) is 0 Å². The molecule has 0 saturated carbocycles. The fourth-order valence-electron chi connectivity index (χ4n) is 2.48. The molecule has 0 spiro atoms. The van der Waals surface area contributed by atoms with Crippen molar-refractivity contribution in [2.75, 3.05) is 13.2 Å². The van der Waals surface area contributed by atoms with Gasteiger partial charge in [0.2, 0.25) is 17.7 Å². The van der Waals surface area contributed by atoms with Gasteiger partial charge in [0.1, 0.15) is 12.6 Å². The van der Waals surface area contributed by atoms with Gasteiger partial charge in [0, 0.05) is 13.0 Å². The van der Waals surface area contributed by atoms with Crippen LogP contribution in [0.2, 0.25) is 0 Å². The average Bonchev–Trinajstić information content (AvgIpc) is 2.61. The van der Waals surface area contributed by atoms with Crippen LogP contribution in [0, 0.1) is 0 Å². The first kappa shape index (κ1) is 21.6. The smallest absolute Gasteiger partial charge is 0.248 e. The number of carbonyl (C=O) groups excluding carboxylic acids is 3. The number of unbranched alkanes of at least 4 members (excludes halogenated alkanes) is 1. The van der Waals surface area contributed by atoms with Crippen LogP contribution in [0.15, 0.2) is 30.3 Å². The Balaban J connectivity index is 2.21. The van der Waals surface area contributed by atoms with Crippen molar-refractivity contribution in [3.8, 4) is 0 Å². The van der Waals surface area contributed by atoms with Gasteiger partial charge in [0.25, 0.3) is 0 Å². The standard InChI is InChI=1S/C18H28N4O4/c19-18(25)15(10-4-5-12-21-17(24)13-26-20)22-16(23)11-6-9-14-7-2-1-3-8-14/h1-3,7-8,15H,4-6,9-13,20H2,(H2,19,25)(H,21,24)(H,22,23). The number of hydrogen-bond donors (Lipinski definition) is 4. The van der Waals surface area contributed by atoms with E-state index < -0.39 is 11.9 Å². The lowest BCUT2D eigenvalue weighted by Gasteiger charge is -2.15. The van der Waals surface area contributed by atoms with Crippen LogP contribution in [0.3, 0.4) is 0 Å². The molecule has 0 aliphatic heterocycles. The van der Waals surface area contributed by atoms with Crippen molar-refractivity contribution in [2.45, 2.75) is 44.6 Å². The summed E-state index contributed by atoms with van der Waals surface area (Å²) in [6, 6.07) is 9.21. The van der Waals surface area contributed by atoms with Crippen molar-refractivity contribution in [3.63, 3.8) is 0 Å². The molecule has 0 aliphatic rings. The van der Waals surface area contributed by atoms with E-state index in [-0.39, 0.29) is 18.4 Å². The molecule has 1 unspecified atom stereocenters. The second-order valence-electron chi connectivity index (χ2n) is 6.02. The molecule has 0 heterocycles. The first-order chi connectivity index (χ1) is 12.5. The molecule has 0 aliphatic carbocycles. The highest BCUT2D eigenvalue weighted by Gasteiger charge is 2.17. The highest BCUT2D eigenvalue weighted by molar-refractivity contribution is 5.86. The van der Waals surface area contributed by atoms with E-state index in [4.69, 9.17) is 11.6 Å². The van der Waals surface area contributed by atoms with E-state index in [1.54, 1.807) is 0 Å². The van der Waals surface area contributed by atoms with Crippen LogP contribution < -0.4 is 22.3 Å². The zero-order chi connectivity index (χ0) is 19.2. The molecule has 144 valence electrons. The van der Waals surface area contributed by atoms with Crippen LogP contribution in [-0.2, 0) is 25.6 Å². The maximum absolute atomic E-state index is 12.0. The zero-order valence-corrected chi connectivity index (χ0v) is 14.9. The first-order valence-corrected chi connectivity index (χ1v) is 8.74. The second kappa shape index (κ2) is 12.8. The number of nitrogens with one attached hydrogen (secondary N) is 2. The van der Waals surface area contributed by atoms with Crippen molar-refractivity contribution >= 4 is 17.7 Å². The highest BCUT2D eigenvalue weighted by Crippen LogP contribution is 2.06. The summed E-state index contributed by atoms with van der Waals surface area (Å²) in [7, 11) is 0. The van der Waals surface area contributed by atoms with Gasteiger partial charge in [-0.3, -0.25) is 19.2 Å². The summed E-state index contributed by atoms with van der Waals surface area (Å²) in [5, 5.41) is 5.31. The molecule has 0 bridgehead atoms. The molecule has 1 atom stereocenters. The lowest BCUT2D eigenvalue weighted by atomic mass is 10.1. The van der Waals surface area contributed by atoms with Gasteiger partial charge >= 0.3 is 0 Å².